The Kier molecular flexibility index (Phi) is 3.34. The molecule has 0 radical (unpaired) electrons. The first kappa shape index (κ1) is 9.01. The SMILES string of the molecule is CC(O)CCN(C)CC1CC1. The number of rotatable bonds is 5. The van der Waals surface area contributed by atoms with E-state index in [0.717, 1.165) is 18.9 Å². The molecule has 0 amide bonds. The molecule has 2 nitrogen and oxygen atoms in total. The molecule has 0 heterocycles. The second-order valence-corrected chi connectivity index (χ2v) is 3.84. The molecule has 1 fully saturated rings. The first-order chi connectivity index (χ1) is 5.18. The zero-order valence-corrected chi connectivity index (χ0v) is 7.58. The molecule has 11 heavy (non-hydrogen) atoms. The third kappa shape index (κ3) is 4.38. The van der Waals surface area contributed by atoms with Crippen LogP contribution < -0.4 is 0 Å². The van der Waals surface area contributed by atoms with Gasteiger partial charge in [0, 0.05) is 13.1 Å². The minimum Gasteiger partial charge on any atom is -0.393 e. The van der Waals surface area contributed by atoms with Crippen molar-refractivity contribution in [2.24, 2.45) is 5.92 Å². The molecular formula is C9H19NO. The molecule has 0 aromatic carbocycles. The standard InChI is InChI=1S/C9H19NO/c1-8(11)5-6-10(2)7-9-3-4-9/h8-9,11H,3-7H2,1-2H3. The second-order valence-electron chi connectivity index (χ2n) is 3.84. The van der Waals surface area contributed by atoms with Gasteiger partial charge in [0.2, 0.25) is 0 Å². The van der Waals surface area contributed by atoms with E-state index in [2.05, 4.69) is 11.9 Å². The highest BCUT2D eigenvalue weighted by molar-refractivity contribution is 4.76. The van der Waals surface area contributed by atoms with E-state index in [-0.39, 0.29) is 6.10 Å². The molecule has 1 N–H and O–H groups in total. The minimum atomic E-state index is -0.142. The highest BCUT2D eigenvalue weighted by atomic mass is 16.3. The van der Waals surface area contributed by atoms with Crippen LogP contribution in [0.4, 0.5) is 0 Å². The molecule has 1 saturated carbocycles. The minimum absolute atomic E-state index is 0.142. The maximum Gasteiger partial charge on any atom is 0.0524 e. The average Bonchev–Trinajstić information content (AvgIpc) is 2.67. The van der Waals surface area contributed by atoms with E-state index in [1.807, 2.05) is 6.92 Å². The monoisotopic (exact) mass is 157 g/mol. The van der Waals surface area contributed by atoms with Gasteiger partial charge in [-0.05, 0) is 39.2 Å². The maximum atomic E-state index is 9.02. The summed E-state index contributed by atoms with van der Waals surface area (Å²) < 4.78 is 0. The molecule has 0 aromatic rings. The second kappa shape index (κ2) is 4.07. The van der Waals surface area contributed by atoms with Crippen LogP contribution in [0.25, 0.3) is 0 Å². The van der Waals surface area contributed by atoms with Crippen LogP contribution in [0, 0.1) is 5.92 Å². The van der Waals surface area contributed by atoms with Gasteiger partial charge in [-0.1, -0.05) is 0 Å². The number of hydrogen-bond donors (Lipinski definition) is 1. The summed E-state index contributed by atoms with van der Waals surface area (Å²) in [4.78, 5) is 2.32. The van der Waals surface area contributed by atoms with Crippen LogP contribution in [0.2, 0.25) is 0 Å². The van der Waals surface area contributed by atoms with E-state index in [4.69, 9.17) is 5.11 Å². The quantitative estimate of drug-likeness (QED) is 0.646. The molecule has 0 saturated heterocycles. The average molecular weight is 157 g/mol. The Morgan fingerprint density at radius 3 is 2.64 bits per heavy atom. The predicted molar refractivity (Wildman–Crippen MR) is 46.5 cm³/mol. The molecule has 2 heteroatoms. The van der Waals surface area contributed by atoms with Crippen molar-refractivity contribution in [1.29, 1.82) is 0 Å². The van der Waals surface area contributed by atoms with Crippen molar-refractivity contribution in [3.05, 3.63) is 0 Å². The van der Waals surface area contributed by atoms with Crippen molar-refractivity contribution in [3.8, 4) is 0 Å². The van der Waals surface area contributed by atoms with Gasteiger partial charge in [-0.15, -0.1) is 0 Å². The van der Waals surface area contributed by atoms with E-state index in [1.165, 1.54) is 19.4 Å². The summed E-state index contributed by atoms with van der Waals surface area (Å²) in [7, 11) is 2.14. The van der Waals surface area contributed by atoms with Crippen molar-refractivity contribution >= 4 is 0 Å². The molecule has 1 atom stereocenters. The molecule has 1 aliphatic rings. The van der Waals surface area contributed by atoms with Crippen LogP contribution in [0.5, 0.6) is 0 Å². The number of aliphatic hydroxyl groups excluding tert-OH is 1. The highest BCUT2D eigenvalue weighted by Gasteiger charge is 2.22. The fourth-order valence-electron chi connectivity index (χ4n) is 1.24. The van der Waals surface area contributed by atoms with Crippen molar-refractivity contribution < 1.29 is 5.11 Å². The normalized spacial score (nSPS) is 20.7. The van der Waals surface area contributed by atoms with E-state index >= 15 is 0 Å². The Balaban J connectivity index is 1.95. The first-order valence-corrected chi connectivity index (χ1v) is 4.55. The third-order valence-corrected chi connectivity index (χ3v) is 2.20. The van der Waals surface area contributed by atoms with Crippen molar-refractivity contribution in [1.82, 2.24) is 4.90 Å². The van der Waals surface area contributed by atoms with Crippen LogP contribution in [-0.4, -0.2) is 36.2 Å². The summed E-state index contributed by atoms with van der Waals surface area (Å²) in [5.41, 5.74) is 0. The predicted octanol–water partition coefficient (Wildman–Crippen LogP) is 1.10. The highest BCUT2D eigenvalue weighted by Crippen LogP contribution is 2.29. The Morgan fingerprint density at radius 2 is 2.18 bits per heavy atom. The fraction of sp³-hybridized carbons (Fsp3) is 1.00. The summed E-state index contributed by atoms with van der Waals surface area (Å²) in [6, 6.07) is 0. The zero-order chi connectivity index (χ0) is 8.27. The molecule has 0 aliphatic heterocycles. The summed E-state index contributed by atoms with van der Waals surface area (Å²) in [6.45, 7) is 4.12. The lowest BCUT2D eigenvalue weighted by Gasteiger charge is -2.16. The van der Waals surface area contributed by atoms with Gasteiger partial charge in [-0.25, -0.2) is 0 Å². The Bertz CT molecular complexity index is 110. The zero-order valence-electron chi connectivity index (χ0n) is 7.58. The fourth-order valence-corrected chi connectivity index (χ4v) is 1.24. The Hall–Kier alpha value is -0.0800. The molecule has 0 aromatic heterocycles. The lowest BCUT2D eigenvalue weighted by molar-refractivity contribution is 0.163. The lowest BCUT2D eigenvalue weighted by Crippen LogP contribution is -2.24. The Labute approximate surface area is 69.2 Å². The third-order valence-electron chi connectivity index (χ3n) is 2.20. The van der Waals surface area contributed by atoms with Crippen molar-refractivity contribution in [2.45, 2.75) is 32.3 Å². The van der Waals surface area contributed by atoms with Gasteiger partial charge in [-0.3, -0.25) is 0 Å². The molecule has 0 bridgehead atoms. The van der Waals surface area contributed by atoms with Gasteiger partial charge >= 0.3 is 0 Å². The van der Waals surface area contributed by atoms with Crippen molar-refractivity contribution in [2.75, 3.05) is 20.1 Å². The summed E-state index contributed by atoms with van der Waals surface area (Å²) in [5.74, 6) is 0.967. The summed E-state index contributed by atoms with van der Waals surface area (Å²) >= 11 is 0. The Morgan fingerprint density at radius 1 is 1.55 bits per heavy atom. The molecule has 1 rings (SSSR count). The van der Waals surface area contributed by atoms with Gasteiger partial charge in [-0.2, -0.15) is 0 Å². The van der Waals surface area contributed by atoms with Crippen molar-refractivity contribution in [3.63, 3.8) is 0 Å². The molecule has 1 unspecified atom stereocenters. The van der Waals surface area contributed by atoms with Crippen LogP contribution >= 0.6 is 0 Å². The van der Waals surface area contributed by atoms with Gasteiger partial charge in [0.15, 0.2) is 0 Å². The van der Waals surface area contributed by atoms with Gasteiger partial charge < -0.3 is 10.0 Å². The van der Waals surface area contributed by atoms with Gasteiger partial charge in [0.05, 0.1) is 6.10 Å². The van der Waals surface area contributed by atoms with E-state index in [0.29, 0.717) is 0 Å². The summed E-state index contributed by atoms with van der Waals surface area (Å²) in [5, 5.41) is 9.02. The molecule has 66 valence electrons. The van der Waals surface area contributed by atoms with Crippen LogP contribution in [-0.2, 0) is 0 Å². The van der Waals surface area contributed by atoms with Crippen LogP contribution in [0.3, 0.4) is 0 Å². The molecule has 0 spiro atoms. The van der Waals surface area contributed by atoms with Gasteiger partial charge in [0.1, 0.15) is 0 Å². The first-order valence-electron chi connectivity index (χ1n) is 4.55. The number of aliphatic hydroxyl groups is 1. The smallest absolute Gasteiger partial charge is 0.0524 e. The number of nitrogens with zero attached hydrogens (tertiary/aromatic N) is 1. The summed E-state index contributed by atoms with van der Waals surface area (Å²) in [6.07, 6.45) is 3.60. The van der Waals surface area contributed by atoms with E-state index in [1.54, 1.807) is 0 Å². The van der Waals surface area contributed by atoms with E-state index < -0.39 is 0 Å². The lowest BCUT2D eigenvalue weighted by atomic mass is 10.2. The van der Waals surface area contributed by atoms with Crippen LogP contribution in [0.15, 0.2) is 0 Å². The molecular weight excluding hydrogens is 138 g/mol. The number of hydrogen-bond acceptors (Lipinski definition) is 2. The maximum absolute atomic E-state index is 9.02. The largest absolute Gasteiger partial charge is 0.393 e. The van der Waals surface area contributed by atoms with E-state index in [9.17, 15) is 0 Å². The molecule has 1 aliphatic carbocycles. The van der Waals surface area contributed by atoms with Crippen LogP contribution in [0.1, 0.15) is 26.2 Å². The topological polar surface area (TPSA) is 23.5 Å². The van der Waals surface area contributed by atoms with Gasteiger partial charge in [0.25, 0.3) is 0 Å².